The molecule has 0 aromatic rings. The van der Waals surface area contributed by atoms with E-state index >= 15 is 0 Å². The normalized spacial score (nSPS) is 44.0. The second-order valence-electron chi connectivity index (χ2n) is 3.95. The zero-order valence-corrected chi connectivity index (χ0v) is 8.52. The maximum Gasteiger partial charge on any atom is 0.111 e. The van der Waals surface area contributed by atoms with Gasteiger partial charge in [0, 0.05) is 6.42 Å². The van der Waals surface area contributed by atoms with Crippen molar-refractivity contribution < 1.29 is 30.3 Å². The molecule has 1 aliphatic rings. The van der Waals surface area contributed by atoms with Gasteiger partial charge < -0.3 is 30.3 Å². The van der Waals surface area contributed by atoms with Crippen molar-refractivity contribution in [3.8, 4) is 0 Å². The molecule has 0 saturated carbocycles. The molecule has 0 bridgehead atoms. The van der Waals surface area contributed by atoms with Crippen molar-refractivity contribution in [2.24, 2.45) is 0 Å². The van der Waals surface area contributed by atoms with Crippen LogP contribution in [0.2, 0.25) is 0 Å². The lowest BCUT2D eigenvalue weighted by molar-refractivity contribution is -0.233. The Hall–Kier alpha value is -0.240. The first-order chi connectivity index (χ1) is 6.97. The highest BCUT2D eigenvalue weighted by Crippen LogP contribution is 2.23. The van der Waals surface area contributed by atoms with Gasteiger partial charge in [-0.25, -0.2) is 0 Å². The van der Waals surface area contributed by atoms with Crippen LogP contribution in [0.1, 0.15) is 13.3 Å². The van der Waals surface area contributed by atoms with Gasteiger partial charge in [-0.05, 0) is 6.92 Å². The lowest BCUT2D eigenvalue weighted by atomic mass is 9.92. The Labute approximate surface area is 87.7 Å². The Balaban J connectivity index is 2.65. The zero-order valence-electron chi connectivity index (χ0n) is 8.52. The van der Waals surface area contributed by atoms with Gasteiger partial charge in [-0.15, -0.1) is 0 Å². The largest absolute Gasteiger partial charge is 0.394 e. The summed E-state index contributed by atoms with van der Waals surface area (Å²) in [4.78, 5) is 0. The van der Waals surface area contributed by atoms with E-state index in [1.807, 2.05) is 0 Å². The van der Waals surface area contributed by atoms with Crippen molar-refractivity contribution in [1.29, 1.82) is 0 Å². The molecule has 6 atom stereocenters. The van der Waals surface area contributed by atoms with Crippen molar-refractivity contribution in [2.45, 2.75) is 50.0 Å². The van der Waals surface area contributed by atoms with E-state index in [-0.39, 0.29) is 6.42 Å². The molecule has 6 nitrogen and oxygen atoms in total. The first kappa shape index (κ1) is 12.8. The highest BCUT2D eigenvalue weighted by Gasteiger charge is 2.43. The third-order valence-electron chi connectivity index (χ3n) is 2.56. The van der Waals surface area contributed by atoms with E-state index < -0.39 is 43.2 Å². The number of rotatable bonds is 3. The predicted molar refractivity (Wildman–Crippen MR) is 50.1 cm³/mol. The maximum atomic E-state index is 9.54. The van der Waals surface area contributed by atoms with E-state index in [0.29, 0.717) is 0 Å². The first-order valence-corrected chi connectivity index (χ1v) is 4.96. The molecule has 6 heteroatoms. The van der Waals surface area contributed by atoms with E-state index in [9.17, 15) is 15.3 Å². The average molecular weight is 222 g/mol. The van der Waals surface area contributed by atoms with Crippen molar-refractivity contribution in [2.75, 3.05) is 6.61 Å². The highest BCUT2D eigenvalue weighted by atomic mass is 16.5. The van der Waals surface area contributed by atoms with Crippen molar-refractivity contribution in [3.63, 3.8) is 0 Å². The Kier molecular flexibility index (Phi) is 4.45. The van der Waals surface area contributed by atoms with Gasteiger partial charge in [0.05, 0.1) is 18.8 Å². The van der Waals surface area contributed by atoms with Crippen LogP contribution in [0.4, 0.5) is 0 Å². The first-order valence-electron chi connectivity index (χ1n) is 4.96. The molecule has 1 rings (SSSR count). The SMILES string of the molecule is CC(O)C[C@H]1O[C@H](CO)[C@@H](O)[C@H](O)[C@H]1O. The molecule has 1 saturated heterocycles. The van der Waals surface area contributed by atoms with Crippen LogP contribution >= 0.6 is 0 Å². The summed E-state index contributed by atoms with van der Waals surface area (Å²) in [6, 6.07) is 0. The topological polar surface area (TPSA) is 110 Å². The molecule has 1 unspecified atom stereocenters. The van der Waals surface area contributed by atoms with Gasteiger partial charge in [0.1, 0.15) is 24.4 Å². The van der Waals surface area contributed by atoms with Crippen molar-refractivity contribution in [1.82, 2.24) is 0 Å². The Bertz CT molecular complexity index is 195. The van der Waals surface area contributed by atoms with Crippen LogP contribution in [-0.4, -0.2) is 68.8 Å². The standard InChI is InChI=1S/C9H18O6/c1-4(11)2-5-7(12)9(14)8(13)6(3-10)15-5/h4-14H,2-3H2,1H3/t4?,5-,6-,7+,8-,9-/m1/s1. The predicted octanol–water partition coefficient (Wildman–Crippen LogP) is -2.40. The van der Waals surface area contributed by atoms with E-state index in [1.165, 1.54) is 6.92 Å². The van der Waals surface area contributed by atoms with Gasteiger partial charge >= 0.3 is 0 Å². The fourth-order valence-corrected chi connectivity index (χ4v) is 1.71. The van der Waals surface area contributed by atoms with Crippen LogP contribution in [0.15, 0.2) is 0 Å². The number of hydrogen-bond donors (Lipinski definition) is 5. The van der Waals surface area contributed by atoms with E-state index in [2.05, 4.69) is 0 Å². The number of ether oxygens (including phenoxy) is 1. The van der Waals surface area contributed by atoms with E-state index in [1.54, 1.807) is 0 Å². The molecule has 1 fully saturated rings. The number of aliphatic hydroxyl groups is 5. The zero-order chi connectivity index (χ0) is 11.6. The third-order valence-corrected chi connectivity index (χ3v) is 2.56. The fraction of sp³-hybridized carbons (Fsp3) is 1.00. The van der Waals surface area contributed by atoms with Gasteiger partial charge in [0.2, 0.25) is 0 Å². The molecule has 0 radical (unpaired) electrons. The molecular formula is C9H18O6. The molecule has 0 amide bonds. The van der Waals surface area contributed by atoms with Crippen molar-refractivity contribution >= 4 is 0 Å². The second-order valence-corrected chi connectivity index (χ2v) is 3.95. The molecule has 5 N–H and O–H groups in total. The summed E-state index contributed by atoms with van der Waals surface area (Å²) >= 11 is 0. The smallest absolute Gasteiger partial charge is 0.111 e. The van der Waals surface area contributed by atoms with Gasteiger partial charge in [0.15, 0.2) is 0 Å². The van der Waals surface area contributed by atoms with Crippen LogP contribution in [0.5, 0.6) is 0 Å². The lowest BCUT2D eigenvalue weighted by Crippen LogP contribution is -2.58. The van der Waals surface area contributed by atoms with Crippen molar-refractivity contribution in [3.05, 3.63) is 0 Å². The minimum absolute atomic E-state index is 0.140. The lowest BCUT2D eigenvalue weighted by Gasteiger charge is -2.40. The minimum Gasteiger partial charge on any atom is -0.394 e. The van der Waals surface area contributed by atoms with Gasteiger partial charge in [0.25, 0.3) is 0 Å². The van der Waals surface area contributed by atoms with Gasteiger partial charge in [-0.2, -0.15) is 0 Å². The molecular weight excluding hydrogens is 204 g/mol. The monoisotopic (exact) mass is 222 g/mol. The Morgan fingerprint density at radius 1 is 1.07 bits per heavy atom. The minimum atomic E-state index is -1.36. The molecule has 90 valence electrons. The van der Waals surface area contributed by atoms with Crippen LogP contribution < -0.4 is 0 Å². The Morgan fingerprint density at radius 2 is 1.60 bits per heavy atom. The summed E-state index contributed by atoms with van der Waals surface area (Å²) in [5.41, 5.74) is 0. The summed E-state index contributed by atoms with van der Waals surface area (Å²) in [5.74, 6) is 0. The number of hydrogen-bond acceptors (Lipinski definition) is 6. The van der Waals surface area contributed by atoms with Crippen LogP contribution in [-0.2, 0) is 4.74 Å². The highest BCUT2D eigenvalue weighted by molar-refractivity contribution is 4.92. The second kappa shape index (κ2) is 5.20. The van der Waals surface area contributed by atoms with Gasteiger partial charge in [-0.1, -0.05) is 0 Å². The summed E-state index contributed by atoms with van der Waals surface area (Å²) in [6.45, 7) is 1.09. The van der Waals surface area contributed by atoms with E-state index in [4.69, 9.17) is 14.9 Å². The van der Waals surface area contributed by atoms with Crippen LogP contribution in [0, 0.1) is 0 Å². The summed E-state index contributed by atoms with van der Waals surface area (Å²) < 4.78 is 5.17. The molecule has 1 aliphatic heterocycles. The summed E-state index contributed by atoms with van der Waals surface area (Å²) in [7, 11) is 0. The molecule has 0 aromatic carbocycles. The Morgan fingerprint density at radius 3 is 2.07 bits per heavy atom. The van der Waals surface area contributed by atoms with E-state index in [0.717, 1.165) is 0 Å². The number of aliphatic hydroxyl groups excluding tert-OH is 5. The summed E-state index contributed by atoms with van der Waals surface area (Å²) in [6.07, 6.45) is -6.17. The van der Waals surface area contributed by atoms with Crippen LogP contribution in [0.3, 0.4) is 0 Å². The quantitative estimate of drug-likeness (QED) is 0.364. The maximum absolute atomic E-state index is 9.54. The average Bonchev–Trinajstić information content (AvgIpc) is 2.18. The molecule has 0 aliphatic carbocycles. The molecule has 0 aromatic heterocycles. The molecule has 0 spiro atoms. The third kappa shape index (κ3) is 2.87. The molecule has 15 heavy (non-hydrogen) atoms. The summed E-state index contributed by atoms with van der Waals surface area (Å²) in [5, 5.41) is 46.4. The molecule has 1 heterocycles. The van der Waals surface area contributed by atoms with Gasteiger partial charge in [-0.3, -0.25) is 0 Å². The fourth-order valence-electron chi connectivity index (χ4n) is 1.71. The van der Waals surface area contributed by atoms with Crippen LogP contribution in [0.25, 0.3) is 0 Å².